The number of carbonyl (C=O) groups excluding carboxylic acids is 2. The van der Waals surface area contributed by atoms with Crippen molar-refractivity contribution < 1.29 is 14.3 Å². The van der Waals surface area contributed by atoms with E-state index in [4.69, 9.17) is 4.74 Å². The summed E-state index contributed by atoms with van der Waals surface area (Å²) in [6, 6.07) is -0.328. The second kappa shape index (κ2) is 6.77. The molecule has 2 aliphatic rings. The number of methoxy groups -OCH3 is 1. The van der Waals surface area contributed by atoms with E-state index in [1.54, 1.807) is 7.11 Å². The SMILES string of the molecule is CCC1NC(=O)C2(CCCCC2)N(C(C)CCOC)C1=O. The van der Waals surface area contributed by atoms with Crippen LogP contribution in [-0.2, 0) is 14.3 Å². The number of hydrogen-bond donors (Lipinski definition) is 1. The molecule has 0 aromatic carbocycles. The Labute approximate surface area is 127 Å². The molecule has 2 fully saturated rings. The van der Waals surface area contributed by atoms with Gasteiger partial charge in [-0.2, -0.15) is 0 Å². The van der Waals surface area contributed by atoms with Crippen LogP contribution in [0.2, 0.25) is 0 Å². The van der Waals surface area contributed by atoms with Crippen LogP contribution in [0.15, 0.2) is 0 Å². The fourth-order valence-corrected chi connectivity index (χ4v) is 3.78. The zero-order chi connectivity index (χ0) is 15.5. The lowest BCUT2D eigenvalue weighted by molar-refractivity contribution is -0.164. The van der Waals surface area contributed by atoms with Crippen LogP contribution < -0.4 is 5.32 Å². The molecule has 5 nitrogen and oxygen atoms in total. The van der Waals surface area contributed by atoms with Crippen molar-refractivity contribution in [3.8, 4) is 0 Å². The molecule has 1 heterocycles. The Balaban J connectivity index is 2.30. The number of rotatable bonds is 5. The lowest BCUT2D eigenvalue weighted by Crippen LogP contribution is -2.72. The normalized spacial score (nSPS) is 26.8. The molecular formula is C16H28N2O3. The highest BCUT2D eigenvalue weighted by atomic mass is 16.5. The Morgan fingerprint density at radius 3 is 2.57 bits per heavy atom. The van der Waals surface area contributed by atoms with E-state index in [0.717, 1.165) is 38.5 Å². The fourth-order valence-electron chi connectivity index (χ4n) is 3.78. The minimum absolute atomic E-state index is 0.0376. The van der Waals surface area contributed by atoms with Crippen molar-refractivity contribution >= 4 is 11.8 Å². The smallest absolute Gasteiger partial charge is 0.246 e. The molecule has 0 aromatic rings. The molecule has 1 saturated carbocycles. The number of hydrogen-bond acceptors (Lipinski definition) is 3. The summed E-state index contributed by atoms with van der Waals surface area (Å²) in [7, 11) is 1.67. The molecule has 1 aliphatic carbocycles. The van der Waals surface area contributed by atoms with Crippen LogP contribution in [0.4, 0.5) is 0 Å². The minimum Gasteiger partial charge on any atom is -0.385 e. The molecule has 0 aromatic heterocycles. The van der Waals surface area contributed by atoms with Crippen molar-refractivity contribution in [3.05, 3.63) is 0 Å². The molecule has 2 unspecified atom stereocenters. The lowest BCUT2D eigenvalue weighted by atomic mass is 9.76. The third kappa shape index (κ3) is 2.93. The molecule has 21 heavy (non-hydrogen) atoms. The van der Waals surface area contributed by atoms with Gasteiger partial charge in [-0.15, -0.1) is 0 Å². The summed E-state index contributed by atoms with van der Waals surface area (Å²) in [5, 5.41) is 2.96. The van der Waals surface area contributed by atoms with Gasteiger partial charge in [-0.3, -0.25) is 9.59 Å². The maximum atomic E-state index is 12.9. The van der Waals surface area contributed by atoms with Crippen LogP contribution in [0.5, 0.6) is 0 Å². The quantitative estimate of drug-likeness (QED) is 0.842. The van der Waals surface area contributed by atoms with Crippen LogP contribution in [0.25, 0.3) is 0 Å². The van der Waals surface area contributed by atoms with E-state index in [9.17, 15) is 9.59 Å². The van der Waals surface area contributed by atoms with Gasteiger partial charge in [0.05, 0.1) is 0 Å². The number of carbonyl (C=O) groups is 2. The molecule has 120 valence electrons. The highest BCUT2D eigenvalue weighted by Crippen LogP contribution is 2.38. The van der Waals surface area contributed by atoms with Gasteiger partial charge >= 0.3 is 0 Å². The van der Waals surface area contributed by atoms with Gasteiger partial charge < -0.3 is 15.0 Å². The summed E-state index contributed by atoms with van der Waals surface area (Å²) in [6.45, 7) is 4.59. The molecule has 1 saturated heterocycles. The Hall–Kier alpha value is -1.10. The van der Waals surface area contributed by atoms with Gasteiger partial charge in [0.2, 0.25) is 11.8 Å². The standard InChI is InChI=1S/C16H28N2O3/c1-4-13-14(19)18(12(2)8-11-21-3)16(15(20)17-13)9-6-5-7-10-16/h12-13H,4-11H2,1-3H3,(H,17,20). The first-order chi connectivity index (χ1) is 10.1. The summed E-state index contributed by atoms with van der Waals surface area (Å²) in [5.74, 6) is 0.139. The van der Waals surface area contributed by atoms with Crippen LogP contribution in [-0.4, -0.2) is 48.1 Å². The molecule has 1 spiro atoms. The molecule has 1 N–H and O–H groups in total. The third-order valence-corrected chi connectivity index (χ3v) is 4.99. The second-order valence-corrected chi connectivity index (χ2v) is 6.37. The Kier molecular flexibility index (Phi) is 5.25. The maximum Gasteiger partial charge on any atom is 0.246 e. The van der Waals surface area contributed by atoms with E-state index in [1.807, 2.05) is 18.7 Å². The molecule has 2 rings (SSSR count). The third-order valence-electron chi connectivity index (χ3n) is 4.99. The first-order valence-electron chi connectivity index (χ1n) is 8.20. The molecule has 2 amide bonds. The first kappa shape index (κ1) is 16.3. The summed E-state index contributed by atoms with van der Waals surface area (Å²) >= 11 is 0. The van der Waals surface area contributed by atoms with Crippen molar-refractivity contribution in [2.75, 3.05) is 13.7 Å². The predicted octanol–water partition coefficient (Wildman–Crippen LogP) is 1.85. The molecule has 0 bridgehead atoms. The van der Waals surface area contributed by atoms with Crippen molar-refractivity contribution in [1.82, 2.24) is 10.2 Å². The minimum atomic E-state index is -0.617. The van der Waals surface area contributed by atoms with Gasteiger partial charge in [0.15, 0.2) is 0 Å². The predicted molar refractivity (Wildman–Crippen MR) is 80.8 cm³/mol. The summed E-state index contributed by atoms with van der Waals surface area (Å²) < 4.78 is 5.16. The summed E-state index contributed by atoms with van der Waals surface area (Å²) in [6.07, 6.45) is 6.19. The number of piperazine rings is 1. The van der Waals surface area contributed by atoms with Crippen LogP contribution in [0, 0.1) is 0 Å². The van der Waals surface area contributed by atoms with E-state index < -0.39 is 5.54 Å². The topological polar surface area (TPSA) is 58.6 Å². The number of ether oxygens (including phenoxy) is 1. The Bertz CT molecular complexity index is 391. The Morgan fingerprint density at radius 2 is 2.00 bits per heavy atom. The van der Waals surface area contributed by atoms with Crippen molar-refractivity contribution in [2.24, 2.45) is 0 Å². The maximum absolute atomic E-state index is 12.9. The van der Waals surface area contributed by atoms with Crippen molar-refractivity contribution in [2.45, 2.75) is 76.4 Å². The molecular weight excluding hydrogens is 268 g/mol. The van der Waals surface area contributed by atoms with Crippen molar-refractivity contribution in [1.29, 1.82) is 0 Å². The average molecular weight is 296 g/mol. The lowest BCUT2D eigenvalue weighted by Gasteiger charge is -2.52. The number of nitrogens with zero attached hydrogens (tertiary/aromatic N) is 1. The highest BCUT2D eigenvalue weighted by molar-refractivity contribution is 6.00. The fraction of sp³-hybridized carbons (Fsp3) is 0.875. The molecule has 0 radical (unpaired) electrons. The van der Waals surface area contributed by atoms with Gasteiger partial charge in [0.1, 0.15) is 11.6 Å². The van der Waals surface area contributed by atoms with Gasteiger partial charge in [-0.1, -0.05) is 26.2 Å². The summed E-state index contributed by atoms with van der Waals surface area (Å²) in [4.78, 5) is 27.5. The van der Waals surface area contributed by atoms with Gasteiger partial charge in [-0.25, -0.2) is 0 Å². The van der Waals surface area contributed by atoms with E-state index in [0.29, 0.717) is 13.0 Å². The van der Waals surface area contributed by atoms with E-state index in [2.05, 4.69) is 5.32 Å². The van der Waals surface area contributed by atoms with Crippen LogP contribution in [0.1, 0.15) is 58.8 Å². The second-order valence-electron chi connectivity index (χ2n) is 6.37. The number of amides is 2. The zero-order valence-corrected chi connectivity index (χ0v) is 13.5. The van der Waals surface area contributed by atoms with E-state index in [1.165, 1.54) is 0 Å². The van der Waals surface area contributed by atoms with Crippen LogP contribution in [0.3, 0.4) is 0 Å². The molecule has 1 aliphatic heterocycles. The first-order valence-corrected chi connectivity index (χ1v) is 8.20. The van der Waals surface area contributed by atoms with E-state index >= 15 is 0 Å². The van der Waals surface area contributed by atoms with Gasteiger partial charge in [0, 0.05) is 19.8 Å². The Morgan fingerprint density at radius 1 is 1.33 bits per heavy atom. The highest BCUT2D eigenvalue weighted by Gasteiger charge is 2.53. The molecule has 5 heteroatoms. The average Bonchev–Trinajstić information content (AvgIpc) is 2.50. The number of nitrogens with one attached hydrogen (secondary N) is 1. The monoisotopic (exact) mass is 296 g/mol. The molecule has 2 atom stereocenters. The van der Waals surface area contributed by atoms with Crippen molar-refractivity contribution in [3.63, 3.8) is 0 Å². The van der Waals surface area contributed by atoms with Gasteiger partial charge in [0.25, 0.3) is 0 Å². The van der Waals surface area contributed by atoms with Gasteiger partial charge in [-0.05, 0) is 32.6 Å². The zero-order valence-electron chi connectivity index (χ0n) is 13.5. The van der Waals surface area contributed by atoms with E-state index in [-0.39, 0.29) is 23.9 Å². The largest absolute Gasteiger partial charge is 0.385 e. The summed E-state index contributed by atoms with van der Waals surface area (Å²) in [5.41, 5.74) is -0.617. The van der Waals surface area contributed by atoms with Crippen LogP contribution >= 0.6 is 0 Å².